The summed E-state index contributed by atoms with van der Waals surface area (Å²) in [5.41, 5.74) is 1.52. The minimum Gasteiger partial charge on any atom is -0.0651 e. The van der Waals surface area contributed by atoms with Crippen molar-refractivity contribution in [3.63, 3.8) is 0 Å². The van der Waals surface area contributed by atoms with Crippen LogP contribution in [0.25, 0.3) is 0 Å². The zero-order chi connectivity index (χ0) is 9.53. The van der Waals surface area contributed by atoms with E-state index in [0.29, 0.717) is 5.41 Å². The molecule has 2 unspecified atom stereocenters. The van der Waals surface area contributed by atoms with Crippen molar-refractivity contribution in [2.45, 2.75) is 65.7 Å². The van der Waals surface area contributed by atoms with E-state index in [2.05, 4.69) is 20.8 Å². The first-order chi connectivity index (χ1) is 6.10. The third-order valence-electron chi connectivity index (χ3n) is 5.22. The van der Waals surface area contributed by atoms with Crippen LogP contribution in [-0.4, -0.2) is 0 Å². The van der Waals surface area contributed by atoms with Gasteiger partial charge >= 0.3 is 0 Å². The van der Waals surface area contributed by atoms with Crippen LogP contribution in [0.2, 0.25) is 0 Å². The van der Waals surface area contributed by atoms with E-state index >= 15 is 0 Å². The summed E-state index contributed by atoms with van der Waals surface area (Å²) < 4.78 is 0. The Balaban J connectivity index is 2.02. The van der Waals surface area contributed by atoms with Gasteiger partial charge in [0.05, 0.1) is 0 Å². The number of hydrogen-bond acceptors (Lipinski definition) is 0. The summed E-state index contributed by atoms with van der Waals surface area (Å²) in [6.45, 7) is 7.34. The number of hydrogen-bond donors (Lipinski definition) is 0. The molecule has 2 atom stereocenters. The third kappa shape index (κ3) is 1.43. The van der Waals surface area contributed by atoms with Gasteiger partial charge < -0.3 is 0 Å². The van der Waals surface area contributed by atoms with Gasteiger partial charge in [0.25, 0.3) is 0 Å². The fourth-order valence-electron chi connectivity index (χ4n) is 3.60. The first kappa shape index (κ1) is 9.55. The van der Waals surface area contributed by atoms with Crippen LogP contribution < -0.4 is 0 Å². The molecule has 0 aliphatic heterocycles. The lowest BCUT2D eigenvalue weighted by atomic mass is 9.64. The molecule has 0 aromatic rings. The van der Waals surface area contributed by atoms with Crippen molar-refractivity contribution in [3.05, 3.63) is 0 Å². The lowest BCUT2D eigenvalue weighted by Crippen LogP contribution is -2.30. The quantitative estimate of drug-likeness (QED) is 0.591. The highest BCUT2D eigenvalue weighted by Gasteiger charge is 2.49. The van der Waals surface area contributed by atoms with E-state index in [1.807, 2.05) is 0 Å². The van der Waals surface area contributed by atoms with Crippen LogP contribution in [0.3, 0.4) is 0 Å². The molecule has 1 spiro atoms. The fourth-order valence-corrected chi connectivity index (χ4v) is 3.60. The second kappa shape index (κ2) is 3.00. The topological polar surface area (TPSA) is 0 Å². The molecular weight excluding hydrogens is 156 g/mol. The van der Waals surface area contributed by atoms with E-state index < -0.39 is 0 Å². The van der Waals surface area contributed by atoms with Crippen LogP contribution in [0.1, 0.15) is 65.7 Å². The highest BCUT2D eigenvalue weighted by Crippen LogP contribution is 2.61. The van der Waals surface area contributed by atoms with E-state index in [4.69, 9.17) is 0 Å². The first-order valence-electron chi connectivity index (χ1n) is 6.10. The summed E-state index contributed by atoms with van der Waals surface area (Å²) in [6, 6.07) is 0. The molecule has 2 fully saturated rings. The summed E-state index contributed by atoms with van der Waals surface area (Å²) >= 11 is 0. The maximum absolute atomic E-state index is 2.54. The van der Waals surface area contributed by atoms with Gasteiger partial charge in [-0.05, 0) is 48.9 Å². The molecule has 13 heavy (non-hydrogen) atoms. The Morgan fingerprint density at radius 1 is 1.15 bits per heavy atom. The Bertz CT molecular complexity index is 190. The highest BCUT2D eigenvalue weighted by molar-refractivity contribution is 5.01. The van der Waals surface area contributed by atoms with Gasteiger partial charge in [-0.15, -0.1) is 0 Å². The average molecular weight is 180 g/mol. The van der Waals surface area contributed by atoms with Crippen molar-refractivity contribution in [1.82, 2.24) is 0 Å². The lowest BCUT2D eigenvalue weighted by molar-refractivity contribution is 0.0996. The summed E-state index contributed by atoms with van der Waals surface area (Å²) in [4.78, 5) is 0. The zero-order valence-corrected chi connectivity index (χ0v) is 9.53. The molecule has 76 valence electrons. The lowest BCUT2D eigenvalue weighted by Gasteiger charge is -2.41. The number of rotatable bonds is 2. The maximum Gasteiger partial charge on any atom is -0.0292 e. The Morgan fingerprint density at radius 3 is 2.23 bits per heavy atom. The molecule has 0 radical (unpaired) electrons. The Hall–Kier alpha value is 0. The monoisotopic (exact) mass is 180 g/mol. The summed E-state index contributed by atoms with van der Waals surface area (Å²) in [5.74, 6) is 0.937. The molecule has 0 bridgehead atoms. The molecule has 0 nitrogen and oxygen atoms in total. The highest BCUT2D eigenvalue weighted by atomic mass is 14.5. The Morgan fingerprint density at radius 2 is 1.85 bits per heavy atom. The molecular formula is C13H24. The van der Waals surface area contributed by atoms with Crippen LogP contribution in [-0.2, 0) is 0 Å². The van der Waals surface area contributed by atoms with E-state index in [1.54, 1.807) is 12.8 Å². The molecule has 2 saturated carbocycles. The van der Waals surface area contributed by atoms with Crippen molar-refractivity contribution in [3.8, 4) is 0 Å². The zero-order valence-electron chi connectivity index (χ0n) is 9.53. The molecule has 0 saturated heterocycles. The van der Waals surface area contributed by atoms with E-state index in [9.17, 15) is 0 Å². The van der Waals surface area contributed by atoms with Crippen LogP contribution in [0, 0.1) is 16.7 Å². The molecule has 0 heterocycles. The average Bonchev–Trinajstić information content (AvgIpc) is 2.43. The smallest absolute Gasteiger partial charge is 0.0292 e. The minimum atomic E-state index is 0.690. The summed E-state index contributed by atoms with van der Waals surface area (Å²) in [5, 5.41) is 0. The molecule has 0 heteroatoms. The summed E-state index contributed by atoms with van der Waals surface area (Å²) in [7, 11) is 0. The van der Waals surface area contributed by atoms with Crippen LogP contribution >= 0.6 is 0 Å². The largest absolute Gasteiger partial charge is 0.0651 e. The van der Waals surface area contributed by atoms with E-state index in [1.165, 1.54) is 32.1 Å². The fraction of sp³-hybridized carbons (Fsp3) is 1.00. The van der Waals surface area contributed by atoms with Crippen molar-refractivity contribution in [1.29, 1.82) is 0 Å². The SMILES string of the molecule is CCC(C)C1(C)CCC2(CCC2)C1. The van der Waals surface area contributed by atoms with E-state index in [0.717, 1.165) is 11.3 Å². The van der Waals surface area contributed by atoms with Gasteiger partial charge in [0.2, 0.25) is 0 Å². The van der Waals surface area contributed by atoms with E-state index in [-0.39, 0.29) is 0 Å². The predicted molar refractivity (Wildman–Crippen MR) is 57.7 cm³/mol. The van der Waals surface area contributed by atoms with Gasteiger partial charge in [-0.1, -0.05) is 33.6 Å². The Kier molecular flexibility index (Phi) is 2.20. The van der Waals surface area contributed by atoms with Crippen molar-refractivity contribution in [2.24, 2.45) is 16.7 Å². The standard InChI is InChI=1S/C13H24/c1-4-11(2)12(3)8-9-13(10-12)6-5-7-13/h11H,4-10H2,1-3H3. The summed E-state index contributed by atoms with van der Waals surface area (Å²) in [6.07, 6.45) is 10.5. The second-order valence-corrected chi connectivity index (χ2v) is 5.99. The molecule has 0 N–H and O–H groups in total. The van der Waals surface area contributed by atoms with Gasteiger partial charge in [0.1, 0.15) is 0 Å². The first-order valence-corrected chi connectivity index (χ1v) is 6.10. The van der Waals surface area contributed by atoms with Crippen molar-refractivity contribution >= 4 is 0 Å². The van der Waals surface area contributed by atoms with Gasteiger partial charge in [-0.25, -0.2) is 0 Å². The second-order valence-electron chi connectivity index (χ2n) is 5.99. The molecule has 2 aliphatic carbocycles. The van der Waals surface area contributed by atoms with Crippen molar-refractivity contribution < 1.29 is 0 Å². The van der Waals surface area contributed by atoms with Crippen LogP contribution in [0.4, 0.5) is 0 Å². The van der Waals surface area contributed by atoms with Gasteiger partial charge in [-0.3, -0.25) is 0 Å². The molecule has 0 aromatic carbocycles. The molecule has 0 amide bonds. The van der Waals surface area contributed by atoms with Crippen molar-refractivity contribution in [2.75, 3.05) is 0 Å². The van der Waals surface area contributed by atoms with Gasteiger partial charge in [-0.2, -0.15) is 0 Å². The predicted octanol–water partition coefficient (Wildman–Crippen LogP) is 4.39. The molecule has 0 aromatic heterocycles. The van der Waals surface area contributed by atoms with Crippen LogP contribution in [0.5, 0.6) is 0 Å². The van der Waals surface area contributed by atoms with Gasteiger partial charge in [0.15, 0.2) is 0 Å². The molecule has 2 rings (SSSR count). The van der Waals surface area contributed by atoms with Gasteiger partial charge in [0, 0.05) is 0 Å². The normalized spacial score (nSPS) is 39.0. The molecule has 2 aliphatic rings. The maximum atomic E-state index is 2.54. The van der Waals surface area contributed by atoms with Crippen LogP contribution in [0.15, 0.2) is 0 Å². The Labute approximate surface area is 83.1 Å². The third-order valence-corrected chi connectivity index (χ3v) is 5.22. The minimum absolute atomic E-state index is 0.690.